The number of carbonyl (C=O) groups excluding carboxylic acids is 1. The summed E-state index contributed by atoms with van der Waals surface area (Å²) in [6.07, 6.45) is -1.83. The number of alkyl halides is 3. The molecule has 1 aromatic heterocycles. The van der Waals surface area contributed by atoms with Crippen molar-refractivity contribution in [1.82, 2.24) is 10.3 Å². The van der Waals surface area contributed by atoms with Gasteiger partial charge in [0.25, 0.3) is 0 Å². The number of allylic oxidation sites excluding steroid dienone is 2. The topological polar surface area (TPSA) is 80.7 Å². The summed E-state index contributed by atoms with van der Waals surface area (Å²) in [6.45, 7) is 2.06. The summed E-state index contributed by atoms with van der Waals surface area (Å²) in [5.41, 5.74) is 4.87. The molecule has 11 heteroatoms. The Hall–Kier alpha value is -3.86. The SMILES string of the molecule is COc1cc(C=C2C(C)=C(CC(=O)NCc3cncs3)c3cc(F)ccc32)cc(OC(F)(F)F)c1O. The number of halogens is 4. The Morgan fingerprint density at radius 3 is 2.61 bits per heavy atom. The molecular formula is C25H20F4N2O4S. The smallest absolute Gasteiger partial charge is 0.502 e. The van der Waals surface area contributed by atoms with Crippen molar-refractivity contribution in [2.75, 3.05) is 7.11 Å². The molecule has 0 unspecified atom stereocenters. The highest BCUT2D eigenvalue weighted by atomic mass is 32.1. The van der Waals surface area contributed by atoms with Gasteiger partial charge in [-0.25, -0.2) is 4.39 Å². The van der Waals surface area contributed by atoms with Gasteiger partial charge in [-0.3, -0.25) is 9.78 Å². The molecule has 36 heavy (non-hydrogen) atoms. The van der Waals surface area contributed by atoms with Crippen molar-refractivity contribution < 1.29 is 36.9 Å². The fraction of sp³-hybridized carbons (Fsp3) is 0.200. The van der Waals surface area contributed by atoms with Gasteiger partial charge in [-0.05, 0) is 70.7 Å². The molecule has 1 heterocycles. The van der Waals surface area contributed by atoms with E-state index in [-0.39, 0.29) is 23.6 Å². The number of hydrogen-bond acceptors (Lipinski definition) is 6. The molecule has 0 aliphatic heterocycles. The van der Waals surface area contributed by atoms with Gasteiger partial charge in [0.15, 0.2) is 11.5 Å². The van der Waals surface area contributed by atoms with Crippen LogP contribution in [0.15, 0.2) is 47.6 Å². The van der Waals surface area contributed by atoms with Crippen LogP contribution >= 0.6 is 11.3 Å². The van der Waals surface area contributed by atoms with Gasteiger partial charge in [0, 0.05) is 11.1 Å². The Kier molecular flexibility index (Phi) is 7.02. The van der Waals surface area contributed by atoms with Crippen LogP contribution in [0.2, 0.25) is 0 Å². The minimum Gasteiger partial charge on any atom is -0.502 e. The molecule has 4 rings (SSSR count). The second-order valence-electron chi connectivity index (χ2n) is 7.89. The Morgan fingerprint density at radius 2 is 1.94 bits per heavy atom. The summed E-state index contributed by atoms with van der Waals surface area (Å²) in [6, 6.07) is 6.51. The number of nitrogens with one attached hydrogen (secondary N) is 1. The molecule has 1 aliphatic carbocycles. The van der Waals surface area contributed by atoms with Crippen LogP contribution in [0.4, 0.5) is 17.6 Å². The first-order chi connectivity index (χ1) is 17.1. The molecule has 2 aromatic carbocycles. The quantitative estimate of drug-likeness (QED) is 0.378. The molecule has 1 amide bonds. The van der Waals surface area contributed by atoms with Crippen molar-refractivity contribution in [3.63, 3.8) is 0 Å². The summed E-state index contributed by atoms with van der Waals surface area (Å²) in [5, 5.41) is 12.9. The molecule has 0 fully saturated rings. The molecule has 6 nitrogen and oxygen atoms in total. The predicted octanol–water partition coefficient (Wildman–Crippen LogP) is 5.93. The summed E-state index contributed by atoms with van der Waals surface area (Å²) in [4.78, 5) is 17.5. The molecule has 3 aromatic rings. The number of rotatable bonds is 7. The third kappa shape index (κ3) is 5.51. The highest BCUT2D eigenvalue weighted by Crippen LogP contribution is 2.45. The average molecular weight is 521 g/mol. The summed E-state index contributed by atoms with van der Waals surface area (Å²) in [5.74, 6) is -2.60. The highest BCUT2D eigenvalue weighted by Gasteiger charge is 2.33. The normalized spacial score (nSPS) is 14.2. The number of aromatic nitrogens is 1. The van der Waals surface area contributed by atoms with Gasteiger partial charge in [0.05, 0.1) is 25.6 Å². The Bertz CT molecular complexity index is 1370. The first-order valence-electron chi connectivity index (χ1n) is 10.6. The monoisotopic (exact) mass is 520 g/mol. The molecule has 0 saturated carbocycles. The van der Waals surface area contributed by atoms with Gasteiger partial charge < -0.3 is 19.9 Å². The number of ether oxygens (including phenoxy) is 2. The summed E-state index contributed by atoms with van der Waals surface area (Å²) < 4.78 is 61.6. The molecule has 0 saturated heterocycles. The van der Waals surface area contributed by atoms with E-state index in [4.69, 9.17) is 4.74 Å². The van der Waals surface area contributed by atoms with Crippen molar-refractivity contribution in [2.45, 2.75) is 26.3 Å². The third-order valence-electron chi connectivity index (χ3n) is 5.55. The zero-order valence-corrected chi connectivity index (χ0v) is 19.9. The largest absolute Gasteiger partial charge is 0.573 e. The van der Waals surface area contributed by atoms with Crippen LogP contribution in [-0.2, 0) is 11.3 Å². The fourth-order valence-electron chi connectivity index (χ4n) is 3.93. The van der Waals surface area contributed by atoms with Crippen molar-refractivity contribution in [2.24, 2.45) is 0 Å². The van der Waals surface area contributed by atoms with Gasteiger partial charge in [-0.2, -0.15) is 0 Å². The molecule has 0 spiro atoms. The Labute approximate surface area is 207 Å². The lowest BCUT2D eigenvalue weighted by atomic mass is 10.00. The van der Waals surface area contributed by atoms with E-state index in [9.17, 15) is 27.5 Å². The number of amides is 1. The molecular weight excluding hydrogens is 500 g/mol. The van der Waals surface area contributed by atoms with Gasteiger partial charge >= 0.3 is 6.36 Å². The van der Waals surface area contributed by atoms with Crippen molar-refractivity contribution >= 4 is 34.5 Å². The zero-order chi connectivity index (χ0) is 26.0. The highest BCUT2D eigenvalue weighted by molar-refractivity contribution is 7.09. The maximum atomic E-state index is 14.1. The number of carbonyl (C=O) groups is 1. The van der Waals surface area contributed by atoms with Crippen LogP contribution in [0.3, 0.4) is 0 Å². The first kappa shape index (κ1) is 25.2. The van der Waals surface area contributed by atoms with Gasteiger partial charge in [-0.15, -0.1) is 24.5 Å². The van der Waals surface area contributed by atoms with Gasteiger partial charge in [0.2, 0.25) is 11.7 Å². The van der Waals surface area contributed by atoms with Crippen LogP contribution in [0.5, 0.6) is 17.2 Å². The molecule has 2 N–H and O–H groups in total. The van der Waals surface area contributed by atoms with Gasteiger partial charge in [-0.1, -0.05) is 6.07 Å². The molecule has 1 aliphatic rings. The van der Waals surface area contributed by atoms with Crippen LogP contribution in [-0.4, -0.2) is 29.5 Å². The number of phenols is 1. The standard InChI is InChI=1S/C25H20F4N2O4S/c1-13-18(5-14-6-21(34-2)24(33)22(7-14)35-25(27,28)29)17-4-3-15(26)8-20(17)19(13)9-23(32)31-11-16-10-30-12-36-16/h3-8,10,12,33H,9,11H2,1-2H3,(H,31,32). The molecule has 188 valence electrons. The number of thiazole rings is 1. The van der Waals surface area contributed by atoms with E-state index in [0.717, 1.165) is 10.9 Å². The number of hydrogen-bond donors (Lipinski definition) is 2. The van der Waals surface area contributed by atoms with Crippen LogP contribution in [0.25, 0.3) is 17.2 Å². The Morgan fingerprint density at radius 1 is 1.19 bits per heavy atom. The number of aromatic hydroxyl groups is 1. The van der Waals surface area contributed by atoms with Gasteiger partial charge in [0.1, 0.15) is 5.82 Å². The number of benzene rings is 2. The number of nitrogens with zero attached hydrogens (tertiary/aromatic N) is 1. The lowest BCUT2D eigenvalue weighted by molar-refractivity contribution is -0.275. The van der Waals surface area contributed by atoms with E-state index in [2.05, 4.69) is 15.0 Å². The van der Waals surface area contributed by atoms with Crippen molar-refractivity contribution in [3.05, 3.63) is 75.0 Å². The zero-order valence-electron chi connectivity index (χ0n) is 19.1. The van der Waals surface area contributed by atoms with E-state index < -0.39 is 23.7 Å². The van der Waals surface area contributed by atoms with Crippen molar-refractivity contribution in [1.29, 1.82) is 0 Å². The summed E-state index contributed by atoms with van der Waals surface area (Å²) >= 11 is 1.40. The minimum absolute atomic E-state index is 0.0280. The molecule has 0 radical (unpaired) electrons. The minimum atomic E-state index is -5.03. The van der Waals surface area contributed by atoms with E-state index in [1.807, 2.05) is 0 Å². The fourth-order valence-corrected chi connectivity index (χ4v) is 4.46. The molecule has 0 bridgehead atoms. The second kappa shape index (κ2) is 10.0. The second-order valence-corrected chi connectivity index (χ2v) is 8.86. The maximum Gasteiger partial charge on any atom is 0.573 e. The average Bonchev–Trinajstić information content (AvgIpc) is 3.41. The predicted molar refractivity (Wildman–Crippen MR) is 127 cm³/mol. The van der Waals surface area contributed by atoms with E-state index in [1.165, 1.54) is 36.6 Å². The number of methoxy groups -OCH3 is 1. The summed E-state index contributed by atoms with van der Waals surface area (Å²) in [7, 11) is 1.20. The van der Waals surface area contributed by atoms with E-state index in [1.54, 1.807) is 30.8 Å². The van der Waals surface area contributed by atoms with E-state index >= 15 is 0 Å². The lowest BCUT2D eigenvalue weighted by Crippen LogP contribution is -2.22. The maximum absolute atomic E-state index is 14.1. The van der Waals surface area contributed by atoms with Crippen LogP contribution < -0.4 is 14.8 Å². The number of fused-ring (bicyclic) bond motifs is 1. The lowest BCUT2D eigenvalue weighted by Gasteiger charge is -2.14. The van der Waals surface area contributed by atoms with E-state index in [0.29, 0.717) is 34.4 Å². The number of phenolic OH excluding ortho intramolecular Hbond substituents is 1. The first-order valence-corrected chi connectivity index (χ1v) is 11.5. The third-order valence-corrected chi connectivity index (χ3v) is 6.33. The Balaban J connectivity index is 1.71. The van der Waals surface area contributed by atoms with Crippen LogP contribution in [0, 0.1) is 5.82 Å². The molecule has 0 atom stereocenters. The van der Waals surface area contributed by atoms with Crippen LogP contribution in [0.1, 0.15) is 34.9 Å². The van der Waals surface area contributed by atoms with Crippen molar-refractivity contribution in [3.8, 4) is 17.2 Å².